The first-order valence-electron chi connectivity index (χ1n) is 5.54. The van der Waals surface area contributed by atoms with Crippen molar-refractivity contribution in [2.24, 2.45) is 0 Å². The number of ketones is 1. The number of carbonyl (C=O) groups is 1. The second kappa shape index (κ2) is 3.63. The summed E-state index contributed by atoms with van der Waals surface area (Å²) >= 11 is 0. The van der Waals surface area contributed by atoms with Gasteiger partial charge in [-0.3, -0.25) is 4.79 Å². The molecule has 0 N–H and O–H groups in total. The number of hydrogen-bond donors (Lipinski definition) is 0. The van der Waals surface area contributed by atoms with Crippen LogP contribution in [-0.2, 0) is 9.53 Å². The fraction of sp³-hybridized carbons (Fsp3) is 0.583. The summed E-state index contributed by atoms with van der Waals surface area (Å²) in [4.78, 5) is 11.2. The van der Waals surface area contributed by atoms with Crippen molar-refractivity contribution < 1.29 is 9.53 Å². The van der Waals surface area contributed by atoms with Gasteiger partial charge in [0.25, 0.3) is 0 Å². The molecular weight excluding hydrogens is 204 g/mol. The van der Waals surface area contributed by atoms with Gasteiger partial charge in [-0.25, -0.2) is 0 Å². The van der Waals surface area contributed by atoms with Crippen molar-refractivity contribution in [1.82, 2.24) is 0 Å². The lowest BCUT2D eigenvalue weighted by atomic mass is 9.97. The van der Waals surface area contributed by atoms with Gasteiger partial charge in [-0.1, -0.05) is 19.6 Å². The highest BCUT2D eigenvalue weighted by molar-refractivity contribution is 6.76. The van der Waals surface area contributed by atoms with Crippen molar-refractivity contribution >= 4 is 13.9 Å². The highest BCUT2D eigenvalue weighted by Gasteiger charge is 2.28. The van der Waals surface area contributed by atoms with E-state index in [4.69, 9.17) is 4.74 Å². The van der Waals surface area contributed by atoms with Crippen LogP contribution in [0.1, 0.15) is 12.8 Å². The Kier molecular flexibility index (Phi) is 2.59. The zero-order valence-corrected chi connectivity index (χ0v) is 10.7. The molecule has 0 unspecified atom stereocenters. The highest BCUT2D eigenvalue weighted by atomic mass is 28.3. The van der Waals surface area contributed by atoms with Crippen LogP contribution in [0.2, 0.25) is 25.7 Å². The largest absolute Gasteiger partial charge is 0.489 e. The molecular formula is C12H18O2Si. The molecule has 0 spiro atoms. The molecule has 0 aromatic carbocycles. The SMILES string of the molecule is C[Si](C)(C)CC1=C2CCC(=O)C=C2OC1. The predicted octanol–water partition coefficient (Wildman–Crippen LogP) is 2.90. The van der Waals surface area contributed by atoms with E-state index >= 15 is 0 Å². The average molecular weight is 222 g/mol. The summed E-state index contributed by atoms with van der Waals surface area (Å²) in [5.41, 5.74) is 2.78. The van der Waals surface area contributed by atoms with Crippen LogP contribution in [0.3, 0.4) is 0 Å². The van der Waals surface area contributed by atoms with E-state index < -0.39 is 8.07 Å². The molecule has 2 rings (SSSR count). The van der Waals surface area contributed by atoms with E-state index in [9.17, 15) is 4.79 Å². The molecule has 0 atom stereocenters. The number of carbonyl (C=O) groups excluding carboxylic acids is 1. The van der Waals surface area contributed by atoms with Crippen LogP contribution in [-0.4, -0.2) is 20.5 Å². The quantitative estimate of drug-likeness (QED) is 0.672. The summed E-state index contributed by atoms with van der Waals surface area (Å²) in [5.74, 6) is 1.07. The lowest BCUT2D eigenvalue weighted by Gasteiger charge is -2.17. The summed E-state index contributed by atoms with van der Waals surface area (Å²) in [7, 11) is -1.07. The van der Waals surface area contributed by atoms with E-state index in [1.807, 2.05) is 0 Å². The Morgan fingerprint density at radius 2 is 2.07 bits per heavy atom. The number of ether oxygens (including phenoxy) is 1. The van der Waals surface area contributed by atoms with Crippen LogP contribution in [0.4, 0.5) is 0 Å². The smallest absolute Gasteiger partial charge is 0.159 e. The van der Waals surface area contributed by atoms with Gasteiger partial charge in [-0.15, -0.1) is 0 Å². The van der Waals surface area contributed by atoms with E-state index in [0.29, 0.717) is 6.42 Å². The van der Waals surface area contributed by atoms with Gasteiger partial charge in [0.2, 0.25) is 0 Å². The standard InChI is InChI=1S/C12H18O2Si/c1-15(2,3)8-9-7-14-12-6-10(13)4-5-11(9)12/h6H,4-5,7-8H2,1-3H3. The minimum atomic E-state index is -1.07. The van der Waals surface area contributed by atoms with Crippen LogP contribution in [0.25, 0.3) is 0 Å². The number of allylic oxidation sites excluding steroid dienone is 2. The maximum Gasteiger partial charge on any atom is 0.159 e. The molecule has 0 aromatic rings. The average Bonchev–Trinajstić information content (AvgIpc) is 2.45. The van der Waals surface area contributed by atoms with Crippen LogP contribution in [0.15, 0.2) is 23.0 Å². The number of rotatable bonds is 2. The van der Waals surface area contributed by atoms with Crippen LogP contribution in [0, 0.1) is 0 Å². The Balaban J connectivity index is 2.24. The normalized spacial score (nSPS) is 21.3. The van der Waals surface area contributed by atoms with Gasteiger partial charge in [0.05, 0.1) is 0 Å². The van der Waals surface area contributed by atoms with E-state index in [2.05, 4.69) is 19.6 Å². The van der Waals surface area contributed by atoms with E-state index in [0.717, 1.165) is 18.8 Å². The molecule has 0 fully saturated rings. The first-order chi connectivity index (χ1) is 6.96. The van der Waals surface area contributed by atoms with Gasteiger partial charge < -0.3 is 4.74 Å². The molecule has 0 aromatic heterocycles. The first-order valence-corrected chi connectivity index (χ1v) is 9.25. The predicted molar refractivity (Wildman–Crippen MR) is 63.5 cm³/mol. The van der Waals surface area contributed by atoms with Crippen LogP contribution >= 0.6 is 0 Å². The van der Waals surface area contributed by atoms with Gasteiger partial charge >= 0.3 is 0 Å². The van der Waals surface area contributed by atoms with Crippen LogP contribution < -0.4 is 0 Å². The van der Waals surface area contributed by atoms with E-state index in [-0.39, 0.29) is 5.78 Å². The molecule has 2 nitrogen and oxygen atoms in total. The summed E-state index contributed by atoms with van der Waals surface area (Å²) in [6.07, 6.45) is 3.23. The van der Waals surface area contributed by atoms with Crippen molar-refractivity contribution in [3.8, 4) is 0 Å². The Bertz CT molecular complexity index is 358. The van der Waals surface area contributed by atoms with E-state index in [1.165, 1.54) is 17.2 Å². The second-order valence-electron chi connectivity index (χ2n) is 5.58. The Morgan fingerprint density at radius 3 is 2.73 bits per heavy atom. The lowest BCUT2D eigenvalue weighted by molar-refractivity contribution is -0.115. The Hall–Kier alpha value is -0.833. The molecule has 1 heterocycles. The zero-order valence-electron chi connectivity index (χ0n) is 9.72. The van der Waals surface area contributed by atoms with Gasteiger partial charge in [0.1, 0.15) is 12.4 Å². The van der Waals surface area contributed by atoms with Crippen molar-refractivity contribution in [2.45, 2.75) is 38.5 Å². The monoisotopic (exact) mass is 222 g/mol. The van der Waals surface area contributed by atoms with Crippen molar-refractivity contribution in [3.63, 3.8) is 0 Å². The number of hydrogen-bond acceptors (Lipinski definition) is 2. The molecule has 0 radical (unpaired) electrons. The minimum Gasteiger partial charge on any atom is -0.489 e. The van der Waals surface area contributed by atoms with Gasteiger partial charge in [-0.05, 0) is 23.6 Å². The topological polar surface area (TPSA) is 26.3 Å². The second-order valence-corrected chi connectivity index (χ2v) is 11.1. The molecule has 1 aliphatic carbocycles. The molecule has 82 valence electrons. The lowest BCUT2D eigenvalue weighted by Crippen LogP contribution is -2.20. The molecule has 2 aliphatic rings. The Labute approximate surface area is 92.0 Å². The summed E-state index contributed by atoms with van der Waals surface area (Å²) in [6.45, 7) is 7.83. The molecule has 0 amide bonds. The number of fused-ring (bicyclic) bond motifs is 1. The molecule has 15 heavy (non-hydrogen) atoms. The third kappa shape index (κ3) is 2.40. The summed E-state index contributed by atoms with van der Waals surface area (Å²) in [6, 6.07) is 1.20. The zero-order chi connectivity index (χ0) is 11.1. The highest BCUT2D eigenvalue weighted by Crippen LogP contribution is 2.35. The first kappa shape index (κ1) is 10.7. The van der Waals surface area contributed by atoms with E-state index in [1.54, 1.807) is 6.08 Å². The molecule has 1 aliphatic heterocycles. The summed E-state index contributed by atoms with van der Waals surface area (Å²) < 4.78 is 5.57. The molecule has 3 heteroatoms. The van der Waals surface area contributed by atoms with Gasteiger partial charge in [0.15, 0.2) is 5.78 Å². The van der Waals surface area contributed by atoms with Gasteiger partial charge in [0, 0.05) is 20.6 Å². The fourth-order valence-electron chi connectivity index (χ4n) is 2.21. The molecule has 0 saturated carbocycles. The van der Waals surface area contributed by atoms with Crippen molar-refractivity contribution in [2.75, 3.05) is 6.61 Å². The minimum absolute atomic E-state index is 0.211. The maximum atomic E-state index is 11.2. The van der Waals surface area contributed by atoms with Crippen LogP contribution in [0.5, 0.6) is 0 Å². The molecule has 0 bridgehead atoms. The molecule has 0 saturated heterocycles. The third-order valence-corrected chi connectivity index (χ3v) is 4.27. The van der Waals surface area contributed by atoms with Gasteiger partial charge in [-0.2, -0.15) is 0 Å². The van der Waals surface area contributed by atoms with Crippen molar-refractivity contribution in [3.05, 3.63) is 23.0 Å². The fourth-order valence-corrected chi connectivity index (χ4v) is 3.80. The third-order valence-electron chi connectivity index (χ3n) is 2.78. The maximum absolute atomic E-state index is 11.2. The summed E-state index contributed by atoms with van der Waals surface area (Å²) in [5, 5.41) is 0. The Morgan fingerprint density at radius 1 is 1.33 bits per heavy atom. The van der Waals surface area contributed by atoms with Crippen molar-refractivity contribution in [1.29, 1.82) is 0 Å².